The Kier molecular flexibility index (Phi) is 5.87. The van der Waals surface area contributed by atoms with E-state index in [1.165, 1.54) is 16.7 Å². The van der Waals surface area contributed by atoms with Crippen LogP contribution in [0, 0.1) is 5.41 Å². The fourth-order valence-electron chi connectivity index (χ4n) is 2.82. The molecule has 0 spiro atoms. The van der Waals surface area contributed by atoms with E-state index in [9.17, 15) is 4.79 Å². The summed E-state index contributed by atoms with van der Waals surface area (Å²) in [6.45, 7) is 8.56. The van der Waals surface area contributed by atoms with Crippen LogP contribution in [-0.2, 0) is 24.1 Å². The molecule has 0 saturated carbocycles. The zero-order chi connectivity index (χ0) is 16.2. The molecular formula is C18H27ClN2O. The number of carbonyl (C=O) groups is 1. The molecule has 1 heterocycles. The molecule has 3 nitrogen and oxygen atoms in total. The first-order valence-electron chi connectivity index (χ1n) is 8.18. The molecule has 1 aliphatic rings. The number of benzene rings is 1. The van der Waals surface area contributed by atoms with Crippen LogP contribution in [0.25, 0.3) is 0 Å². The van der Waals surface area contributed by atoms with Gasteiger partial charge in [0, 0.05) is 17.0 Å². The van der Waals surface area contributed by atoms with Crippen molar-refractivity contribution >= 4 is 17.5 Å². The topological polar surface area (TPSA) is 41.1 Å². The number of hydrogen-bond acceptors (Lipinski definition) is 2. The van der Waals surface area contributed by atoms with Crippen molar-refractivity contribution in [2.75, 3.05) is 19.6 Å². The maximum atomic E-state index is 11.9. The van der Waals surface area contributed by atoms with Gasteiger partial charge in [0.2, 0.25) is 5.91 Å². The quantitative estimate of drug-likeness (QED) is 0.836. The van der Waals surface area contributed by atoms with Crippen LogP contribution in [0.1, 0.15) is 43.9 Å². The van der Waals surface area contributed by atoms with Gasteiger partial charge in [-0.1, -0.05) is 38.4 Å². The minimum atomic E-state index is -0.326. The first-order chi connectivity index (χ1) is 10.4. The predicted octanol–water partition coefficient (Wildman–Crippen LogP) is 3.12. The van der Waals surface area contributed by atoms with Crippen LogP contribution in [0.4, 0.5) is 0 Å². The van der Waals surface area contributed by atoms with Gasteiger partial charge >= 0.3 is 0 Å². The minimum Gasteiger partial charge on any atom is -0.356 e. The van der Waals surface area contributed by atoms with E-state index < -0.39 is 0 Å². The smallest absolute Gasteiger partial charge is 0.225 e. The standard InChI is InChI=1S/C18H27ClN2O/c1-18(2,3)17(22)21-10-4-5-15-14-9-12-20-11-8-13(14)6-7-16(15)19/h6-7,20H,4-5,8-12H2,1-3H3,(H,21,22). The van der Waals surface area contributed by atoms with E-state index >= 15 is 0 Å². The number of nitrogens with one attached hydrogen (secondary N) is 2. The summed E-state index contributed by atoms with van der Waals surface area (Å²) in [5.41, 5.74) is 3.78. The summed E-state index contributed by atoms with van der Waals surface area (Å²) in [4.78, 5) is 11.9. The molecule has 0 atom stereocenters. The molecule has 0 radical (unpaired) electrons. The molecule has 122 valence electrons. The monoisotopic (exact) mass is 322 g/mol. The number of halogens is 1. The van der Waals surface area contributed by atoms with Gasteiger partial charge in [-0.3, -0.25) is 4.79 Å². The highest BCUT2D eigenvalue weighted by atomic mass is 35.5. The molecule has 2 rings (SSSR count). The van der Waals surface area contributed by atoms with Gasteiger partial charge in [0.15, 0.2) is 0 Å². The summed E-state index contributed by atoms with van der Waals surface area (Å²) in [5, 5.41) is 7.31. The molecule has 0 unspecified atom stereocenters. The van der Waals surface area contributed by atoms with Gasteiger partial charge in [-0.05, 0) is 61.5 Å². The fourth-order valence-corrected chi connectivity index (χ4v) is 3.09. The summed E-state index contributed by atoms with van der Waals surface area (Å²) in [7, 11) is 0. The minimum absolute atomic E-state index is 0.106. The molecule has 0 saturated heterocycles. The number of hydrogen-bond donors (Lipinski definition) is 2. The molecule has 0 aromatic heterocycles. The van der Waals surface area contributed by atoms with Gasteiger partial charge in [0.05, 0.1) is 0 Å². The number of carbonyl (C=O) groups excluding carboxylic acids is 1. The number of fused-ring (bicyclic) bond motifs is 1. The third kappa shape index (κ3) is 4.47. The summed E-state index contributed by atoms with van der Waals surface area (Å²) >= 11 is 6.42. The van der Waals surface area contributed by atoms with Crippen molar-refractivity contribution in [3.8, 4) is 0 Å². The highest BCUT2D eigenvalue weighted by Crippen LogP contribution is 2.26. The van der Waals surface area contributed by atoms with Gasteiger partial charge in [0.25, 0.3) is 0 Å². The molecule has 0 aliphatic carbocycles. The van der Waals surface area contributed by atoms with Crippen molar-refractivity contribution in [1.82, 2.24) is 10.6 Å². The Hall–Kier alpha value is -1.06. The third-order valence-electron chi connectivity index (χ3n) is 4.16. The van der Waals surface area contributed by atoms with Gasteiger partial charge in [-0.25, -0.2) is 0 Å². The molecule has 0 bridgehead atoms. The molecule has 1 aromatic rings. The van der Waals surface area contributed by atoms with Crippen molar-refractivity contribution in [3.63, 3.8) is 0 Å². The lowest BCUT2D eigenvalue weighted by Gasteiger charge is -2.18. The molecular weight excluding hydrogens is 296 g/mol. The molecule has 1 aromatic carbocycles. The van der Waals surface area contributed by atoms with E-state index in [0.717, 1.165) is 43.8 Å². The number of amides is 1. The van der Waals surface area contributed by atoms with E-state index in [1.54, 1.807) is 0 Å². The zero-order valence-corrected chi connectivity index (χ0v) is 14.6. The Bertz CT molecular complexity index is 535. The van der Waals surface area contributed by atoms with E-state index in [1.807, 2.05) is 26.8 Å². The van der Waals surface area contributed by atoms with Gasteiger partial charge in [-0.15, -0.1) is 0 Å². The summed E-state index contributed by atoms with van der Waals surface area (Å²) in [6, 6.07) is 4.18. The van der Waals surface area contributed by atoms with Gasteiger partial charge in [-0.2, -0.15) is 0 Å². The average Bonchev–Trinajstić information content (AvgIpc) is 2.69. The Labute approximate surface area is 138 Å². The van der Waals surface area contributed by atoms with Crippen molar-refractivity contribution in [3.05, 3.63) is 33.8 Å². The third-order valence-corrected chi connectivity index (χ3v) is 4.52. The fraction of sp³-hybridized carbons (Fsp3) is 0.611. The van der Waals surface area contributed by atoms with Crippen LogP contribution in [-0.4, -0.2) is 25.5 Å². The average molecular weight is 323 g/mol. The number of rotatable bonds is 4. The molecule has 2 N–H and O–H groups in total. The maximum absolute atomic E-state index is 11.9. The first kappa shape index (κ1) is 17.3. The zero-order valence-electron chi connectivity index (χ0n) is 13.9. The lowest BCUT2D eigenvalue weighted by Crippen LogP contribution is -2.35. The molecule has 4 heteroatoms. The molecule has 1 amide bonds. The second kappa shape index (κ2) is 7.47. The second-order valence-corrected chi connectivity index (χ2v) is 7.43. The Balaban J connectivity index is 1.97. The highest BCUT2D eigenvalue weighted by Gasteiger charge is 2.20. The van der Waals surface area contributed by atoms with Crippen molar-refractivity contribution in [2.24, 2.45) is 5.41 Å². The summed E-state index contributed by atoms with van der Waals surface area (Å²) in [6.07, 6.45) is 3.96. The van der Waals surface area contributed by atoms with E-state index in [-0.39, 0.29) is 11.3 Å². The van der Waals surface area contributed by atoms with Gasteiger partial charge < -0.3 is 10.6 Å². The lowest BCUT2D eigenvalue weighted by molar-refractivity contribution is -0.128. The van der Waals surface area contributed by atoms with E-state index in [4.69, 9.17) is 11.6 Å². The van der Waals surface area contributed by atoms with Crippen LogP contribution in [0.3, 0.4) is 0 Å². The molecule has 0 fully saturated rings. The first-order valence-corrected chi connectivity index (χ1v) is 8.55. The van der Waals surface area contributed by atoms with Crippen molar-refractivity contribution in [2.45, 2.75) is 46.5 Å². The summed E-state index contributed by atoms with van der Waals surface area (Å²) < 4.78 is 0. The Morgan fingerprint density at radius 2 is 2.00 bits per heavy atom. The molecule has 22 heavy (non-hydrogen) atoms. The van der Waals surface area contributed by atoms with Gasteiger partial charge in [0.1, 0.15) is 0 Å². The van der Waals surface area contributed by atoms with Crippen LogP contribution in [0.2, 0.25) is 5.02 Å². The molecule has 1 aliphatic heterocycles. The Morgan fingerprint density at radius 3 is 2.73 bits per heavy atom. The van der Waals surface area contributed by atoms with E-state index in [2.05, 4.69) is 16.7 Å². The lowest BCUT2D eigenvalue weighted by atomic mass is 9.94. The van der Waals surface area contributed by atoms with Crippen LogP contribution >= 0.6 is 11.6 Å². The Morgan fingerprint density at radius 1 is 1.27 bits per heavy atom. The SMILES string of the molecule is CC(C)(C)C(=O)NCCCc1c(Cl)ccc2c1CCNCC2. The van der Waals surface area contributed by atoms with Crippen LogP contribution < -0.4 is 10.6 Å². The normalized spacial score (nSPS) is 15.1. The highest BCUT2D eigenvalue weighted by molar-refractivity contribution is 6.31. The predicted molar refractivity (Wildman–Crippen MR) is 92.5 cm³/mol. The van der Waals surface area contributed by atoms with Crippen LogP contribution in [0.5, 0.6) is 0 Å². The second-order valence-electron chi connectivity index (χ2n) is 7.02. The van der Waals surface area contributed by atoms with E-state index in [0.29, 0.717) is 6.54 Å². The van der Waals surface area contributed by atoms with Crippen molar-refractivity contribution in [1.29, 1.82) is 0 Å². The van der Waals surface area contributed by atoms with Crippen LogP contribution in [0.15, 0.2) is 12.1 Å². The van der Waals surface area contributed by atoms with Crippen molar-refractivity contribution < 1.29 is 4.79 Å². The maximum Gasteiger partial charge on any atom is 0.225 e. The largest absolute Gasteiger partial charge is 0.356 e. The summed E-state index contributed by atoms with van der Waals surface area (Å²) in [5.74, 6) is 0.106.